The number of tetrazole rings is 1. The summed E-state index contributed by atoms with van der Waals surface area (Å²) in [6, 6.07) is 8.45. The Morgan fingerprint density at radius 3 is 3.15 bits per heavy atom. The second-order valence-electron chi connectivity index (χ2n) is 4.28. The molecule has 0 radical (unpaired) electrons. The van der Waals surface area contributed by atoms with Gasteiger partial charge in [0.25, 0.3) is 0 Å². The Balaban J connectivity index is 1.92. The molecule has 0 spiro atoms. The summed E-state index contributed by atoms with van der Waals surface area (Å²) < 4.78 is 1.65. The Hall–Kier alpha value is -1.84. The van der Waals surface area contributed by atoms with E-state index in [0.717, 1.165) is 23.7 Å². The van der Waals surface area contributed by atoms with E-state index in [1.54, 1.807) is 22.8 Å². The molecule has 1 heterocycles. The number of terminal acetylenes is 1. The van der Waals surface area contributed by atoms with Crippen LogP contribution in [0.4, 0.5) is 0 Å². The van der Waals surface area contributed by atoms with Crippen molar-refractivity contribution in [3.8, 4) is 18.0 Å². The van der Waals surface area contributed by atoms with Gasteiger partial charge in [-0.1, -0.05) is 18.1 Å². The molecular formula is C14H17N5S. The predicted octanol–water partition coefficient (Wildman–Crippen LogP) is 1.68. The summed E-state index contributed by atoms with van der Waals surface area (Å²) in [4.78, 5) is 0. The lowest BCUT2D eigenvalue weighted by molar-refractivity contribution is 0.600. The second kappa shape index (κ2) is 7.68. The van der Waals surface area contributed by atoms with Crippen molar-refractivity contribution in [1.82, 2.24) is 25.5 Å². The van der Waals surface area contributed by atoms with Crippen LogP contribution in [0.1, 0.15) is 18.5 Å². The van der Waals surface area contributed by atoms with Gasteiger partial charge in [0.1, 0.15) is 6.33 Å². The van der Waals surface area contributed by atoms with Gasteiger partial charge in [-0.05, 0) is 35.0 Å². The fraction of sp³-hybridized carbons (Fsp3) is 0.357. The van der Waals surface area contributed by atoms with Crippen molar-refractivity contribution in [3.63, 3.8) is 0 Å². The fourth-order valence-corrected chi connectivity index (χ4v) is 2.34. The monoisotopic (exact) mass is 287 g/mol. The highest BCUT2D eigenvalue weighted by atomic mass is 32.2. The molecule has 0 saturated heterocycles. The van der Waals surface area contributed by atoms with Crippen LogP contribution in [0, 0.1) is 12.3 Å². The second-order valence-corrected chi connectivity index (χ2v) is 5.39. The molecule has 1 atom stereocenters. The van der Waals surface area contributed by atoms with Crippen molar-refractivity contribution < 1.29 is 0 Å². The average Bonchev–Trinajstić information content (AvgIpc) is 3.01. The van der Waals surface area contributed by atoms with Crippen LogP contribution in [0.5, 0.6) is 0 Å². The van der Waals surface area contributed by atoms with Gasteiger partial charge < -0.3 is 5.32 Å². The van der Waals surface area contributed by atoms with E-state index < -0.39 is 0 Å². The largest absolute Gasteiger partial charge is 0.309 e. The predicted molar refractivity (Wildman–Crippen MR) is 81.7 cm³/mol. The highest BCUT2D eigenvalue weighted by Gasteiger charge is 2.06. The molecule has 1 aromatic carbocycles. The molecule has 0 bridgehead atoms. The maximum Gasteiger partial charge on any atom is 0.143 e. The fourth-order valence-electron chi connectivity index (χ4n) is 1.81. The van der Waals surface area contributed by atoms with Crippen LogP contribution >= 0.6 is 11.8 Å². The van der Waals surface area contributed by atoms with Crippen LogP contribution in [0.2, 0.25) is 0 Å². The molecule has 1 aromatic heterocycles. The maximum absolute atomic E-state index is 5.21. The van der Waals surface area contributed by atoms with Crippen molar-refractivity contribution in [2.75, 3.05) is 18.1 Å². The number of thioether (sulfide) groups is 1. The molecule has 0 aliphatic rings. The zero-order valence-electron chi connectivity index (χ0n) is 11.4. The van der Waals surface area contributed by atoms with E-state index in [2.05, 4.69) is 45.8 Å². The van der Waals surface area contributed by atoms with Gasteiger partial charge >= 0.3 is 0 Å². The number of nitrogens with one attached hydrogen (secondary N) is 1. The number of nitrogens with zero attached hydrogens (tertiary/aromatic N) is 4. The van der Waals surface area contributed by atoms with Crippen LogP contribution in [0.3, 0.4) is 0 Å². The van der Waals surface area contributed by atoms with Gasteiger partial charge in [-0.2, -0.15) is 0 Å². The molecule has 2 rings (SSSR count). The lowest BCUT2D eigenvalue weighted by Gasteiger charge is -2.14. The van der Waals surface area contributed by atoms with E-state index in [9.17, 15) is 0 Å². The summed E-state index contributed by atoms with van der Waals surface area (Å²) in [6.07, 6.45) is 6.81. The zero-order chi connectivity index (χ0) is 14.2. The molecule has 1 unspecified atom stereocenters. The number of hydrogen-bond donors (Lipinski definition) is 1. The van der Waals surface area contributed by atoms with Crippen molar-refractivity contribution in [1.29, 1.82) is 0 Å². The summed E-state index contributed by atoms with van der Waals surface area (Å²) in [7, 11) is 0. The highest BCUT2D eigenvalue weighted by molar-refractivity contribution is 7.99. The van der Waals surface area contributed by atoms with Gasteiger partial charge in [0.2, 0.25) is 0 Å². The molecule has 104 valence electrons. The number of aromatic nitrogens is 4. The van der Waals surface area contributed by atoms with Crippen LogP contribution in [-0.2, 0) is 0 Å². The molecule has 0 fully saturated rings. The number of rotatable bonds is 7. The SMILES string of the molecule is C#CCSCCNC(C)c1cccc(-n2cnnn2)c1. The van der Waals surface area contributed by atoms with E-state index in [0.29, 0.717) is 0 Å². The lowest BCUT2D eigenvalue weighted by Crippen LogP contribution is -2.21. The lowest BCUT2D eigenvalue weighted by atomic mass is 10.1. The van der Waals surface area contributed by atoms with Gasteiger partial charge in [0.15, 0.2) is 0 Å². The van der Waals surface area contributed by atoms with E-state index in [1.165, 1.54) is 5.56 Å². The summed E-state index contributed by atoms with van der Waals surface area (Å²) >= 11 is 1.76. The van der Waals surface area contributed by atoms with E-state index in [-0.39, 0.29) is 6.04 Å². The molecule has 2 aromatic rings. The summed E-state index contributed by atoms with van der Waals surface area (Å²) in [6.45, 7) is 3.08. The van der Waals surface area contributed by atoms with Crippen LogP contribution in [0.25, 0.3) is 5.69 Å². The standard InChI is InChI=1S/C14H17N5S/c1-3-8-20-9-7-15-12(2)13-5-4-6-14(10-13)19-11-16-17-18-19/h1,4-6,10-12,15H,7-9H2,2H3. The van der Waals surface area contributed by atoms with E-state index in [4.69, 9.17) is 6.42 Å². The first-order valence-corrected chi connectivity index (χ1v) is 7.54. The van der Waals surface area contributed by atoms with Crippen LogP contribution in [-0.4, -0.2) is 38.3 Å². The third-order valence-electron chi connectivity index (χ3n) is 2.87. The molecule has 6 heteroatoms. The molecule has 0 saturated carbocycles. The minimum Gasteiger partial charge on any atom is -0.309 e. The first-order valence-electron chi connectivity index (χ1n) is 6.39. The Bertz CT molecular complexity index is 561. The van der Waals surface area contributed by atoms with Gasteiger partial charge in [0.05, 0.1) is 11.4 Å². The molecule has 20 heavy (non-hydrogen) atoms. The molecule has 0 amide bonds. The Morgan fingerprint density at radius 2 is 2.40 bits per heavy atom. The summed E-state index contributed by atoms with van der Waals surface area (Å²) in [5.74, 6) is 4.41. The van der Waals surface area contributed by atoms with Crippen molar-refractivity contribution >= 4 is 11.8 Å². The molecule has 0 aliphatic carbocycles. The first kappa shape index (κ1) is 14.6. The zero-order valence-corrected chi connectivity index (χ0v) is 12.2. The third kappa shape index (κ3) is 4.08. The molecule has 1 N–H and O–H groups in total. The van der Waals surface area contributed by atoms with E-state index >= 15 is 0 Å². The van der Waals surface area contributed by atoms with Crippen LogP contribution < -0.4 is 5.32 Å². The average molecular weight is 287 g/mol. The minimum atomic E-state index is 0.276. The minimum absolute atomic E-state index is 0.276. The number of hydrogen-bond acceptors (Lipinski definition) is 5. The van der Waals surface area contributed by atoms with Gasteiger partial charge in [0, 0.05) is 18.3 Å². The van der Waals surface area contributed by atoms with Crippen molar-refractivity contribution in [3.05, 3.63) is 36.2 Å². The smallest absolute Gasteiger partial charge is 0.143 e. The third-order valence-corrected chi connectivity index (χ3v) is 3.73. The molecule has 0 aliphatic heterocycles. The summed E-state index contributed by atoms with van der Waals surface area (Å²) in [5, 5.41) is 14.7. The highest BCUT2D eigenvalue weighted by Crippen LogP contribution is 2.16. The number of benzene rings is 1. The normalized spacial score (nSPS) is 12.0. The van der Waals surface area contributed by atoms with Crippen molar-refractivity contribution in [2.45, 2.75) is 13.0 Å². The molecule has 5 nitrogen and oxygen atoms in total. The van der Waals surface area contributed by atoms with Gasteiger partial charge in [-0.25, -0.2) is 4.68 Å². The Kier molecular flexibility index (Phi) is 5.59. The van der Waals surface area contributed by atoms with E-state index in [1.807, 2.05) is 12.1 Å². The first-order chi connectivity index (χ1) is 9.81. The Labute approximate surface area is 123 Å². The van der Waals surface area contributed by atoms with Gasteiger partial charge in [-0.3, -0.25) is 0 Å². The Morgan fingerprint density at radius 1 is 1.50 bits per heavy atom. The van der Waals surface area contributed by atoms with Gasteiger partial charge in [-0.15, -0.1) is 23.3 Å². The van der Waals surface area contributed by atoms with Crippen molar-refractivity contribution in [2.24, 2.45) is 0 Å². The molecular weight excluding hydrogens is 270 g/mol. The maximum atomic E-state index is 5.21. The van der Waals surface area contributed by atoms with Crippen LogP contribution in [0.15, 0.2) is 30.6 Å². The quantitative estimate of drug-likeness (QED) is 0.620. The topological polar surface area (TPSA) is 55.6 Å². The summed E-state index contributed by atoms with van der Waals surface area (Å²) in [5.41, 5.74) is 2.17.